The number of fused-ring (bicyclic) bond motifs is 2. The van der Waals surface area contributed by atoms with Gasteiger partial charge in [-0.2, -0.15) is 4.98 Å². The molecular weight excluding hydrogens is 396 g/mol. The molecule has 9 nitrogen and oxygen atoms in total. The van der Waals surface area contributed by atoms with Crippen LogP contribution in [-0.2, 0) is 24.3 Å². The van der Waals surface area contributed by atoms with Crippen LogP contribution in [0.5, 0.6) is 0 Å². The molecule has 0 unspecified atom stereocenters. The maximum absolute atomic E-state index is 12.3. The lowest BCUT2D eigenvalue weighted by Crippen LogP contribution is -2.29. The maximum Gasteiger partial charge on any atom is 0.349 e. The predicted molar refractivity (Wildman–Crippen MR) is 107 cm³/mol. The lowest BCUT2D eigenvalue weighted by Gasteiger charge is -2.17. The van der Waals surface area contributed by atoms with Crippen molar-refractivity contribution in [3.63, 3.8) is 0 Å². The number of aryl methyl sites for hydroxylation is 1. The Morgan fingerprint density at radius 3 is 2.83 bits per heavy atom. The Kier molecular flexibility index (Phi) is 5.32. The van der Waals surface area contributed by atoms with Crippen molar-refractivity contribution in [1.82, 2.24) is 29.5 Å². The van der Waals surface area contributed by atoms with E-state index in [2.05, 4.69) is 24.9 Å². The van der Waals surface area contributed by atoms with Crippen molar-refractivity contribution in [2.75, 3.05) is 6.61 Å². The third-order valence-electron chi connectivity index (χ3n) is 4.48. The highest BCUT2D eigenvalue weighted by Crippen LogP contribution is 2.27. The number of hydrogen-bond acceptors (Lipinski definition) is 7. The molecule has 0 atom stereocenters. The predicted octanol–water partition coefficient (Wildman–Crippen LogP) is 1.81. The number of ether oxygens (including phenoxy) is 1. The summed E-state index contributed by atoms with van der Waals surface area (Å²) >= 11 is 6.33. The average molecular weight is 413 g/mol. The summed E-state index contributed by atoms with van der Waals surface area (Å²) in [5, 5.41) is 0.571. The number of rotatable bonds is 6. The third-order valence-corrected chi connectivity index (χ3v) is 4.84. The van der Waals surface area contributed by atoms with Crippen LogP contribution in [0.15, 0.2) is 40.3 Å². The molecular formula is C19H17ClN6O3. The van der Waals surface area contributed by atoms with Crippen molar-refractivity contribution < 1.29 is 4.74 Å². The normalized spacial score (nSPS) is 11.4. The molecule has 4 rings (SSSR count). The molecule has 2 aromatic rings. The summed E-state index contributed by atoms with van der Waals surface area (Å²) in [7, 11) is 0. The van der Waals surface area contributed by atoms with E-state index in [1.165, 1.54) is 0 Å². The third kappa shape index (κ3) is 3.87. The standard InChI is InChI=1S/C19H17ClN6O3/c1-2-11-7-15-14(8-13(11)20)23-16-17(24-19(28)25-18(16)27)26(15)5-6-29-10-12-9-21-3-4-22-12/h3-4,7-9H,2,5-6,10H2,1H3,(H,25,27,28). The van der Waals surface area contributed by atoms with Gasteiger partial charge in [-0.05, 0) is 24.1 Å². The maximum atomic E-state index is 12.3. The van der Waals surface area contributed by atoms with Gasteiger partial charge in [0.05, 0.1) is 36.1 Å². The molecule has 3 heterocycles. The summed E-state index contributed by atoms with van der Waals surface area (Å²) < 4.78 is 7.46. The molecule has 0 fully saturated rings. The van der Waals surface area contributed by atoms with Crippen LogP contribution in [0.1, 0.15) is 18.2 Å². The summed E-state index contributed by atoms with van der Waals surface area (Å²) in [6.45, 7) is 2.95. The van der Waals surface area contributed by atoms with E-state index in [1.54, 1.807) is 29.2 Å². The first-order valence-corrected chi connectivity index (χ1v) is 9.40. The Morgan fingerprint density at radius 1 is 1.21 bits per heavy atom. The van der Waals surface area contributed by atoms with E-state index in [9.17, 15) is 9.59 Å². The number of nitrogens with one attached hydrogen (secondary N) is 1. The van der Waals surface area contributed by atoms with E-state index in [1.807, 2.05) is 13.0 Å². The highest BCUT2D eigenvalue weighted by atomic mass is 35.5. The molecule has 1 aromatic heterocycles. The molecule has 0 aliphatic carbocycles. The Morgan fingerprint density at radius 2 is 2.07 bits per heavy atom. The molecule has 0 amide bonds. The van der Waals surface area contributed by atoms with Crippen LogP contribution < -0.4 is 11.2 Å². The minimum Gasteiger partial charge on any atom is -0.373 e. The van der Waals surface area contributed by atoms with Crippen LogP contribution in [0.2, 0.25) is 5.02 Å². The Balaban J connectivity index is 1.75. The van der Waals surface area contributed by atoms with Gasteiger partial charge in [0, 0.05) is 24.0 Å². The fourth-order valence-corrected chi connectivity index (χ4v) is 3.38. The van der Waals surface area contributed by atoms with Gasteiger partial charge in [-0.1, -0.05) is 18.5 Å². The number of aromatic amines is 1. The van der Waals surface area contributed by atoms with Crippen LogP contribution in [0, 0.1) is 0 Å². The quantitative estimate of drug-likeness (QED) is 0.379. The summed E-state index contributed by atoms with van der Waals surface area (Å²) in [5.41, 5.74) is 1.67. The van der Waals surface area contributed by atoms with Gasteiger partial charge < -0.3 is 9.30 Å². The number of benzene rings is 1. The highest BCUT2D eigenvalue weighted by Gasteiger charge is 2.19. The van der Waals surface area contributed by atoms with Gasteiger partial charge in [-0.3, -0.25) is 19.7 Å². The Labute approximate surface area is 169 Å². The van der Waals surface area contributed by atoms with Crippen molar-refractivity contribution in [2.45, 2.75) is 26.5 Å². The second-order valence-corrected chi connectivity index (χ2v) is 6.75. The molecule has 1 N–H and O–H groups in total. The van der Waals surface area contributed by atoms with Gasteiger partial charge in [0.1, 0.15) is 0 Å². The van der Waals surface area contributed by atoms with E-state index in [0.29, 0.717) is 36.0 Å². The van der Waals surface area contributed by atoms with Crippen LogP contribution in [0.4, 0.5) is 0 Å². The van der Waals surface area contributed by atoms with Gasteiger partial charge in [0.2, 0.25) is 0 Å². The van der Waals surface area contributed by atoms with E-state index >= 15 is 0 Å². The fourth-order valence-electron chi connectivity index (χ4n) is 3.09. The Hall–Kier alpha value is -3.17. The van der Waals surface area contributed by atoms with Crippen molar-refractivity contribution >= 4 is 22.6 Å². The first-order valence-electron chi connectivity index (χ1n) is 9.02. The molecule has 0 spiro atoms. The van der Waals surface area contributed by atoms with Crippen molar-refractivity contribution in [1.29, 1.82) is 0 Å². The van der Waals surface area contributed by atoms with Crippen LogP contribution in [-0.4, -0.2) is 36.1 Å². The molecule has 0 saturated carbocycles. The van der Waals surface area contributed by atoms with Gasteiger partial charge in [0.15, 0.2) is 11.5 Å². The van der Waals surface area contributed by atoms with Gasteiger partial charge in [0.25, 0.3) is 5.56 Å². The summed E-state index contributed by atoms with van der Waals surface area (Å²) in [5.74, 6) is 0.207. The number of aromatic nitrogens is 6. The van der Waals surface area contributed by atoms with Gasteiger partial charge in [-0.25, -0.2) is 9.78 Å². The molecule has 1 aromatic carbocycles. The van der Waals surface area contributed by atoms with Crippen molar-refractivity contribution in [2.24, 2.45) is 0 Å². The number of H-pyrrole nitrogens is 1. The minimum absolute atomic E-state index is 0.0753. The van der Waals surface area contributed by atoms with E-state index in [4.69, 9.17) is 16.3 Å². The zero-order chi connectivity index (χ0) is 20.4. The molecule has 0 bridgehead atoms. The fraction of sp³-hybridized carbons (Fsp3) is 0.263. The smallest absolute Gasteiger partial charge is 0.349 e. The van der Waals surface area contributed by atoms with E-state index < -0.39 is 11.2 Å². The molecule has 148 valence electrons. The van der Waals surface area contributed by atoms with Gasteiger partial charge in [-0.15, -0.1) is 0 Å². The van der Waals surface area contributed by atoms with E-state index in [-0.39, 0.29) is 11.5 Å². The monoisotopic (exact) mass is 412 g/mol. The molecule has 2 aliphatic heterocycles. The van der Waals surface area contributed by atoms with E-state index in [0.717, 1.165) is 17.5 Å². The molecule has 10 heteroatoms. The van der Waals surface area contributed by atoms with Crippen LogP contribution in [0.3, 0.4) is 0 Å². The number of hydrogen-bond donors (Lipinski definition) is 1. The zero-order valence-electron chi connectivity index (χ0n) is 15.6. The lowest BCUT2D eigenvalue weighted by atomic mass is 10.1. The second kappa shape index (κ2) is 8.06. The van der Waals surface area contributed by atoms with Crippen LogP contribution in [0.25, 0.3) is 22.6 Å². The van der Waals surface area contributed by atoms with Crippen LogP contribution >= 0.6 is 11.6 Å². The SMILES string of the molecule is CCc1cc2c(cc1Cl)nc1c(=O)[nH]c(=O)nc-1n2CCOCc1cnccn1. The zero-order valence-corrected chi connectivity index (χ0v) is 16.3. The molecule has 2 aliphatic rings. The number of nitrogens with zero attached hydrogens (tertiary/aromatic N) is 5. The average Bonchev–Trinajstić information content (AvgIpc) is 2.71. The largest absolute Gasteiger partial charge is 0.373 e. The first kappa shape index (κ1) is 19.2. The summed E-state index contributed by atoms with van der Waals surface area (Å²) in [6.07, 6.45) is 5.55. The topological polar surface area (TPSA) is 116 Å². The Bertz CT molecular complexity index is 1250. The lowest BCUT2D eigenvalue weighted by molar-refractivity contribution is 0.111. The summed E-state index contributed by atoms with van der Waals surface area (Å²) in [4.78, 5) is 42.8. The molecule has 29 heavy (non-hydrogen) atoms. The number of halogens is 1. The van der Waals surface area contributed by atoms with Crippen molar-refractivity contribution in [3.05, 3.63) is 67.8 Å². The second-order valence-electron chi connectivity index (χ2n) is 6.34. The van der Waals surface area contributed by atoms with Crippen molar-refractivity contribution in [3.8, 4) is 11.5 Å². The molecule has 0 saturated heterocycles. The first-order chi connectivity index (χ1) is 14.1. The molecule has 0 radical (unpaired) electrons. The minimum atomic E-state index is -0.720. The summed E-state index contributed by atoms with van der Waals surface area (Å²) in [6, 6.07) is 3.62. The van der Waals surface area contributed by atoms with Gasteiger partial charge >= 0.3 is 5.69 Å². The highest BCUT2D eigenvalue weighted by molar-refractivity contribution is 6.32.